The normalized spacial score (nSPS) is 10.8. The van der Waals surface area contributed by atoms with Gasteiger partial charge in [0.05, 0.1) is 6.61 Å². The molecule has 1 atom stereocenters. The van der Waals surface area contributed by atoms with Crippen molar-refractivity contribution in [2.24, 2.45) is 0 Å². The Bertz CT molecular complexity index is 393. The van der Waals surface area contributed by atoms with Gasteiger partial charge in [-0.2, -0.15) is 0 Å². The van der Waals surface area contributed by atoms with E-state index in [4.69, 9.17) is 4.74 Å². The topological polar surface area (TPSA) is 67.4 Å². The molecule has 1 unspecified atom stereocenters. The fraction of sp³-hybridized carbons (Fsp3) is 0.467. The highest BCUT2D eigenvalue weighted by molar-refractivity contribution is 5.86. The summed E-state index contributed by atoms with van der Waals surface area (Å²) >= 11 is 0. The molecule has 0 aliphatic carbocycles. The highest BCUT2D eigenvalue weighted by Crippen LogP contribution is 1.97. The van der Waals surface area contributed by atoms with Crippen LogP contribution in [-0.2, 0) is 20.9 Å². The standard InChI is InChI=1S/C13H18N2O3.C2H6/c1-10(16)15-12(9-18-2)13(17)14-8-11-6-4-3-5-7-11;1-2/h3-7,12H,8-9H2,1-2H3,(H,14,17)(H,15,16);1-2H3. The Morgan fingerprint density at radius 1 is 1.20 bits per heavy atom. The molecule has 0 fully saturated rings. The van der Waals surface area contributed by atoms with Crippen LogP contribution in [0.3, 0.4) is 0 Å². The number of hydrogen-bond acceptors (Lipinski definition) is 3. The van der Waals surface area contributed by atoms with Crippen molar-refractivity contribution in [1.29, 1.82) is 0 Å². The highest BCUT2D eigenvalue weighted by Gasteiger charge is 2.18. The molecule has 1 rings (SSSR count). The fourth-order valence-electron chi connectivity index (χ4n) is 1.50. The van der Waals surface area contributed by atoms with E-state index in [0.29, 0.717) is 6.54 Å². The number of rotatable bonds is 6. The molecule has 1 aromatic rings. The Labute approximate surface area is 120 Å². The van der Waals surface area contributed by atoms with Crippen molar-refractivity contribution < 1.29 is 14.3 Å². The third kappa shape index (κ3) is 7.53. The molecule has 0 heterocycles. The number of carbonyl (C=O) groups excluding carboxylic acids is 2. The molecular formula is C15H24N2O3. The lowest BCUT2D eigenvalue weighted by Gasteiger charge is -2.16. The molecule has 5 nitrogen and oxygen atoms in total. The number of benzene rings is 1. The minimum absolute atomic E-state index is 0.153. The van der Waals surface area contributed by atoms with E-state index in [-0.39, 0.29) is 18.4 Å². The molecule has 0 saturated heterocycles. The number of nitrogens with one attached hydrogen (secondary N) is 2. The van der Waals surface area contributed by atoms with Gasteiger partial charge >= 0.3 is 0 Å². The summed E-state index contributed by atoms with van der Waals surface area (Å²) < 4.78 is 4.90. The van der Waals surface area contributed by atoms with Gasteiger partial charge in [0.25, 0.3) is 0 Å². The van der Waals surface area contributed by atoms with Gasteiger partial charge in [0, 0.05) is 20.6 Å². The lowest BCUT2D eigenvalue weighted by atomic mass is 10.2. The maximum Gasteiger partial charge on any atom is 0.245 e. The van der Waals surface area contributed by atoms with E-state index in [1.165, 1.54) is 14.0 Å². The van der Waals surface area contributed by atoms with Crippen molar-refractivity contribution in [2.75, 3.05) is 13.7 Å². The summed E-state index contributed by atoms with van der Waals surface area (Å²) in [6.07, 6.45) is 0. The van der Waals surface area contributed by atoms with Crippen molar-refractivity contribution in [3.05, 3.63) is 35.9 Å². The Kier molecular flexibility index (Phi) is 9.96. The Hall–Kier alpha value is -1.88. The van der Waals surface area contributed by atoms with Gasteiger partial charge in [0.1, 0.15) is 6.04 Å². The second-order valence-electron chi connectivity index (χ2n) is 3.91. The predicted octanol–water partition coefficient (Wildman–Crippen LogP) is 1.48. The predicted molar refractivity (Wildman–Crippen MR) is 79.1 cm³/mol. The molecule has 20 heavy (non-hydrogen) atoms. The zero-order valence-electron chi connectivity index (χ0n) is 12.6. The van der Waals surface area contributed by atoms with Gasteiger partial charge in [-0.15, -0.1) is 0 Å². The first-order valence-corrected chi connectivity index (χ1v) is 6.71. The molecule has 2 N–H and O–H groups in total. The molecular weight excluding hydrogens is 256 g/mol. The van der Waals surface area contributed by atoms with Crippen molar-refractivity contribution in [1.82, 2.24) is 10.6 Å². The molecule has 5 heteroatoms. The summed E-state index contributed by atoms with van der Waals surface area (Å²) in [6.45, 7) is 5.95. The third-order valence-corrected chi connectivity index (χ3v) is 2.34. The van der Waals surface area contributed by atoms with E-state index < -0.39 is 6.04 Å². The molecule has 1 aromatic carbocycles. The average molecular weight is 280 g/mol. The highest BCUT2D eigenvalue weighted by atomic mass is 16.5. The summed E-state index contributed by atoms with van der Waals surface area (Å²) in [5.74, 6) is -0.511. The van der Waals surface area contributed by atoms with E-state index in [0.717, 1.165) is 5.56 Å². The van der Waals surface area contributed by atoms with Crippen LogP contribution in [0.5, 0.6) is 0 Å². The van der Waals surface area contributed by atoms with Crippen LogP contribution < -0.4 is 10.6 Å². The third-order valence-electron chi connectivity index (χ3n) is 2.34. The molecule has 2 amide bonds. The van der Waals surface area contributed by atoms with Crippen LogP contribution in [-0.4, -0.2) is 31.6 Å². The monoisotopic (exact) mass is 280 g/mol. The van der Waals surface area contributed by atoms with Crippen LogP contribution in [0.25, 0.3) is 0 Å². The van der Waals surface area contributed by atoms with Gasteiger partial charge in [-0.05, 0) is 5.56 Å². The minimum atomic E-state index is -0.656. The van der Waals surface area contributed by atoms with Crippen LogP contribution >= 0.6 is 0 Å². The van der Waals surface area contributed by atoms with Crippen molar-refractivity contribution >= 4 is 11.8 Å². The van der Waals surface area contributed by atoms with Gasteiger partial charge in [-0.25, -0.2) is 0 Å². The van der Waals surface area contributed by atoms with Crippen LogP contribution in [0.15, 0.2) is 30.3 Å². The lowest BCUT2D eigenvalue weighted by Crippen LogP contribution is -2.48. The van der Waals surface area contributed by atoms with Crippen LogP contribution in [0.4, 0.5) is 0 Å². The molecule has 112 valence electrons. The second kappa shape index (κ2) is 11.0. The van der Waals surface area contributed by atoms with E-state index in [9.17, 15) is 9.59 Å². The molecule has 0 bridgehead atoms. The first kappa shape index (κ1) is 18.1. The van der Waals surface area contributed by atoms with E-state index in [1.807, 2.05) is 44.2 Å². The molecule has 0 aromatic heterocycles. The molecule has 0 aliphatic heterocycles. The lowest BCUT2D eigenvalue weighted by molar-refractivity contribution is -0.129. The molecule has 0 spiro atoms. The van der Waals surface area contributed by atoms with Crippen LogP contribution in [0, 0.1) is 0 Å². The Morgan fingerprint density at radius 3 is 2.30 bits per heavy atom. The number of methoxy groups -OCH3 is 1. The summed E-state index contributed by atoms with van der Waals surface area (Å²) in [4.78, 5) is 22.8. The molecule has 0 aliphatic rings. The van der Waals surface area contributed by atoms with E-state index in [2.05, 4.69) is 10.6 Å². The van der Waals surface area contributed by atoms with Crippen LogP contribution in [0.2, 0.25) is 0 Å². The molecule has 0 saturated carbocycles. The first-order chi connectivity index (χ1) is 9.63. The number of amides is 2. The minimum Gasteiger partial charge on any atom is -0.382 e. The second-order valence-corrected chi connectivity index (χ2v) is 3.91. The van der Waals surface area contributed by atoms with Crippen molar-refractivity contribution in [2.45, 2.75) is 33.4 Å². The average Bonchev–Trinajstić information content (AvgIpc) is 2.47. The van der Waals surface area contributed by atoms with Crippen LogP contribution in [0.1, 0.15) is 26.3 Å². The number of hydrogen-bond donors (Lipinski definition) is 2. The maximum absolute atomic E-state index is 11.8. The Balaban J connectivity index is 0.00000172. The maximum atomic E-state index is 11.8. The van der Waals surface area contributed by atoms with E-state index >= 15 is 0 Å². The zero-order chi connectivity index (χ0) is 15.4. The van der Waals surface area contributed by atoms with E-state index in [1.54, 1.807) is 0 Å². The van der Waals surface area contributed by atoms with Gasteiger partial charge in [0.15, 0.2) is 0 Å². The zero-order valence-corrected chi connectivity index (χ0v) is 12.6. The van der Waals surface area contributed by atoms with Crippen molar-refractivity contribution in [3.63, 3.8) is 0 Å². The summed E-state index contributed by atoms with van der Waals surface area (Å²) in [7, 11) is 1.49. The summed E-state index contributed by atoms with van der Waals surface area (Å²) in [6, 6.07) is 8.91. The SMILES string of the molecule is CC.COCC(NC(C)=O)C(=O)NCc1ccccc1. The summed E-state index contributed by atoms with van der Waals surface area (Å²) in [5, 5.41) is 5.30. The van der Waals surface area contributed by atoms with Gasteiger partial charge in [0.2, 0.25) is 11.8 Å². The smallest absolute Gasteiger partial charge is 0.245 e. The first-order valence-electron chi connectivity index (χ1n) is 6.71. The quantitative estimate of drug-likeness (QED) is 0.829. The number of ether oxygens (including phenoxy) is 1. The fourth-order valence-corrected chi connectivity index (χ4v) is 1.50. The van der Waals surface area contributed by atoms with Gasteiger partial charge in [-0.3, -0.25) is 9.59 Å². The summed E-state index contributed by atoms with van der Waals surface area (Å²) in [5.41, 5.74) is 1.00. The Morgan fingerprint density at radius 2 is 1.80 bits per heavy atom. The number of carbonyl (C=O) groups is 2. The van der Waals surface area contributed by atoms with Crippen molar-refractivity contribution in [3.8, 4) is 0 Å². The molecule has 0 radical (unpaired) electrons. The van der Waals surface area contributed by atoms with Gasteiger partial charge in [-0.1, -0.05) is 44.2 Å². The van der Waals surface area contributed by atoms with Gasteiger partial charge < -0.3 is 15.4 Å². The largest absolute Gasteiger partial charge is 0.382 e.